The molecule has 2 amide bonds. The second-order valence-electron chi connectivity index (χ2n) is 4.52. The van der Waals surface area contributed by atoms with Crippen LogP contribution >= 0.6 is 11.8 Å². The lowest BCUT2D eigenvalue weighted by atomic mass is 10.2. The van der Waals surface area contributed by atoms with Crippen LogP contribution in [0.3, 0.4) is 0 Å². The molecule has 0 bridgehead atoms. The van der Waals surface area contributed by atoms with E-state index in [0.717, 1.165) is 5.17 Å². The van der Waals surface area contributed by atoms with Crippen molar-refractivity contribution in [3.63, 3.8) is 0 Å². The van der Waals surface area contributed by atoms with E-state index in [9.17, 15) is 14.0 Å². The topological polar surface area (TPSA) is 61.8 Å². The highest BCUT2D eigenvalue weighted by Crippen LogP contribution is 2.31. The molecule has 1 saturated heterocycles. The van der Waals surface area contributed by atoms with Crippen LogP contribution < -0.4 is 5.32 Å². The Hall–Kier alpha value is -1.89. The van der Waals surface area contributed by atoms with E-state index in [0.29, 0.717) is 18.8 Å². The van der Waals surface area contributed by atoms with Gasteiger partial charge in [0.25, 0.3) is 0 Å². The van der Waals surface area contributed by atoms with Gasteiger partial charge in [-0.15, -0.1) is 0 Å². The third-order valence-corrected chi connectivity index (χ3v) is 4.30. The van der Waals surface area contributed by atoms with Crippen molar-refractivity contribution in [3.8, 4) is 0 Å². The molecule has 0 aromatic heterocycles. The summed E-state index contributed by atoms with van der Waals surface area (Å²) < 4.78 is 12.8. The lowest BCUT2D eigenvalue weighted by molar-refractivity contribution is -0.127. The molecule has 104 valence electrons. The first kappa shape index (κ1) is 13.1. The summed E-state index contributed by atoms with van der Waals surface area (Å²) in [6, 6.07) is 5.52. The van der Waals surface area contributed by atoms with Crippen molar-refractivity contribution < 1.29 is 14.0 Å². The highest BCUT2D eigenvalue weighted by Gasteiger charge is 2.40. The van der Waals surface area contributed by atoms with Crippen LogP contribution in [0.1, 0.15) is 6.42 Å². The second-order valence-corrected chi connectivity index (χ2v) is 5.69. The Bertz CT molecular complexity index is 588. The molecule has 1 N–H and O–H groups in total. The van der Waals surface area contributed by atoms with Gasteiger partial charge in [-0.25, -0.2) is 4.39 Å². The molecule has 0 radical (unpaired) electrons. The molecule has 7 heteroatoms. The molecule has 0 saturated carbocycles. The number of fused-ring (bicyclic) bond motifs is 1. The van der Waals surface area contributed by atoms with Crippen molar-refractivity contribution in [2.24, 2.45) is 4.99 Å². The van der Waals surface area contributed by atoms with Gasteiger partial charge in [-0.2, -0.15) is 0 Å². The van der Waals surface area contributed by atoms with E-state index in [2.05, 4.69) is 10.3 Å². The largest absolute Gasteiger partial charge is 0.326 e. The monoisotopic (exact) mass is 293 g/mol. The average molecular weight is 293 g/mol. The molecule has 1 aromatic rings. The summed E-state index contributed by atoms with van der Waals surface area (Å²) >= 11 is 1.34. The standard InChI is InChI=1S/C13H12FN3O2S/c14-8-1-3-9(4-2-8)16-11(18)7-10-12(19)17-6-5-15-13(17)20-10/h1-4,10H,5-7H2,(H,16,18). The molecular weight excluding hydrogens is 281 g/mol. The van der Waals surface area contributed by atoms with E-state index < -0.39 is 5.25 Å². The first-order valence-corrected chi connectivity index (χ1v) is 7.09. The Morgan fingerprint density at radius 1 is 1.45 bits per heavy atom. The van der Waals surface area contributed by atoms with Crippen molar-refractivity contribution in [2.75, 3.05) is 18.4 Å². The number of carbonyl (C=O) groups is 2. The number of hydrogen-bond donors (Lipinski definition) is 1. The summed E-state index contributed by atoms with van der Waals surface area (Å²) in [5.74, 6) is -0.673. The van der Waals surface area contributed by atoms with Gasteiger partial charge in [-0.1, -0.05) is 11.8 Å². The number of hydrogen-bond acceptors (Lipinski definition) is 4. The maximum absolute atomic E-state index is 12.8. The van der Waals surface area contributed by atoms with Crippen LogP contribution in [0.15, 0.2) is 29.3 Å². The third kappa shape index (κ3) is 2.53. The summed E-state index contributed by atoms with van der Waals surface area (Å²) in [4.78, 5) is 29.7. The van der Waals surface area contributed by atoms with Gasteiger partial charge in [0.15, 0.2) is 5.17 Å². The molecular formula is C13H12FN3O2S. The van der Waals surface area contributed by atoms with Gasteiger partial charge in [0, 0.05) is 18.7 Å². The summed E-state index contributed by atoms with van der Waals surface area (Å²) in [7, 11) is 0. The SMILES string of the molecule is O=C(CC1SC2=NCCN2C1=O)Nc1ccc(F)cc1. The number of thioether (sulfide) groups is 1. The summed E-state index contributed by atoms with van der Waals surface area (Å²) in [5, 5.41) is 2.96. The van der Waals surface area contributed by atoms with Crippen LogP contribution in [0.25, 0.3) is 0 Å². The predicted molar refractivity (Wildman–Crippen MR) is 75.0 cm³/mol. The Labute approximate surface area is 119 Å². The molecule has 2 aliphatic heterocycles. The zero-order valence-corrected chi connectivity index (χ0v) is 11.3. The van der Waals surface area contributed by atoms with Gasteiger partial charge >= 0.3 is 0 Å². The number of benzene rings is 1. The minimum atomic E-state index is -0.408. The normalized spacial score (nSPS) is 20.9. The van der Waals surface area contributed by atoms with Gasteiger partial charge in [-0.3, -0.25) is 19.5 Å². The van der Waals surface area contributed by atoms with E-state index in [1.165, 1.54) is 36.0 Å². The maximum atomic E-state index is 12.8. The van der Waals surface area contributed by atoms with Gasteiger partial charge in [0.05, 0.1) is 6.54 Å². The lowest BCUT2D eigenvalue weighted by Gasteiger charge is -2.10. The quantitative estimate of drug-likeness (QED) is 0.918. The number of amidine groups is 1. The van der Waals surface area contributed by atoms with Crippen LogP contribution in [-0.4, -0.2) is 40.2 Å². The van der Waals surface area contributed by atoms with Gasteiger partial charge in [0.1, 0.15) is 11.1 Å². The first-order chi connectivity index (χ1) is 9.63. The Morgan fingerprint density at radius 3 is 2.90 bits per heavy atom. The number of amides is 2. The van der Waals surface area contributed by atoms with E-state index in [-0.39, 0.29) is 24.1 Å². The molecule has 3 rings (SSSR count). The van der Waals surface area contributed by atoms with Crippen molar-refractivity contribution in [1.82, 2.24) is 4.90 Å². The molecule has 2 aliphatic rings. The molecule has 20 heavy (non-hydrogen) atoms. The third-order valence-electron chi connectivity index (χ3n) is 3.09. The summed E-state index contributed by atoms with van der Waals surface area (Å²) in [5.41, 5.74) is 0.518. The first-order valence-electron chi connectivity index (χ1n) is 6.21. The minimum absolute atomic E-state index is 0.0551. The Balaban J connectivity index is 1.59. The van der Waals surface area contributed by atoms with Crippen molar-refractivity contribution in [2.45, 2.75) is 11.7 Å². The fraction of sp³-hybridized carbons (Fsp3) is 0.308. The smallest absolute Gasteiger partial charge is 0.242 e. The number of nitrogens with one attached hydrogen (secondary N) is 1. The van der Waals surface area contributed by atoms with Gasteiger partial charge in [-0.05, 0) is 24.3 Å². The second kappa shape index (κ2) is 5.24. The maximum Gasteiger partial charge on any atom is 0.242 e. The molecule has 2 heterocycles. The minimum Gasteiger partial charge on any atom is -0.326 e. The number of nitrogens with zero attached hydrogens (tertiary/aromatic N) is 2. The van der Waals surface area contributed by atoms with E-state index in [1.54, 1.807) is 4.90 Å². The Morgan fingerprint density at radius 2 is 2.20 bits per heavy atom. The van der Waals surface area contributed by atoms with Crippen LogP contribution in [-0.2, 0) is 9.59 Å². The molecule has 1 unspecified atom stereocenters. The highest BCUT2D eigenvalue weighted by atomic mass is 32.2. The molecule has 0 aliphatic carbocycles. The fourth-order valence-corrected chi connectivity index (χ4v) is 3.32. The summed E-state index contributed by atoms with van der Waals surface area (Å²) in [6.07, 6.45) is 0.0936. The zero-order chi connectivity index (χ0) is 14.1. The number of carbonyl (C=O) groups excluding carboxylic acids is 2. The molecule has 1 fully saturated rings. The van der Waals surface area contributed by atoms with Crippen molar-refractivity contribution in [1.29, 1.82) is 0 Å². The van der Waals surface area contributed by atoms with Crippen molar-refractivity contribution in [3.05, 3.63) is 30.1 Å². The highest BCUT2D eigenvalue weighted by molar-refractivity contribution is 8.15. The zero-order valence-electron chi connectivity index (χ0n) is 10.5. The molecule has 5 nitrogen and oxygen atoms in total. The van der Waals surface area contributed by atoms with E-state index >= 15 is 0 Å². The predicted octanol–water partition coefficient (Wildman–Crippen LogP) is 1.47. The van der Waals surface area contributed by atoms with Crippen LogP contribution in [0, 0.1) is 5.82 Å². The summed E-state index contributed by atoms with van der Waals surface area (Å²) in [6.45, 7) is 1.25. The van der Waals surface area contributed by atoms with Gasteiger partial charge in [0.2, 0.25) is 11.8 Å². The van der Waals surface area contributed by atoms with Gasteiger partial charge < -0.3 is 5.32 Å². The number of halogens is 1. The average Bonchev–Trinajstić information content (AvgIpc) is 2.97. The van der Waals surface area contributed by atoms with Crippen LogP contribution in [0.5, 0.6) is 0 Å². The number of anilines is 1. The number of aliphatic imine (C=N–C) groups is 1. The lowest BCUT2D eigenvalue weighted by Crippen LogP contribution is -2.32. The van der Waals surface area contributed by atoms with E-state index in [1.807, 2.05) is 0 Å². The number of rotatable bonds is 3. The Kier molecular flexibility index (Phi) is 3.43. The molecule has 0 spiro atoms. The van der Waals surface area contributed by atoms with Crippen molar-refractivity contribution >= 4 is 34.4 Å². The van der Waals surface area contributed by atoms with Crippen LogP contribution in [0.2, 0.25) is 0 Å². The fourth-order valence-electron chi connectivity index (χ4n) is 2.13. The van der Waals surface area contributed by atoms with E-state index in [4.69, 9.17) is 0 Å². The molecule has 1 aromatic carbocycles. The van der Waals surface area contributed by atoms with Crippen LogP contribution in [0.4, 0.5) is 10.1 Å². The molecule has 1 atom stereocenters.